The highest BCUT2D eigenvalue weighted by Gasteiger charge is 2.11. The quantitative estimate of drug-likeness (QED) is 0.729. The van der Waals surface area contributed by atoms with Gasteiger partial charge in [0.25, 0.3) is 0 Å². The molecule has 0 aliphatic rings. The Labute approximate surface area is 130 Å². The number of nitrogens with one attached hydrogen (secondary N) is 1. The number of nitrogens with zero attached hydrogens (tertiary/aromatic N) is 2. The number of hydrogen-bond acceptors (Lipinski definition) is 4. The Kier molecular flexibility index (Phi) is 3.72. The molecule has 2 aromatic heterocycles. The van der Waals surface area contributed by atoms with E-state index in [0.29, 0.717) is 0 Å². The van der Waals surface area contributed by atoms with E-state index in [2.05, 4.69) is 62.6 Å². The molecule has 1 aromatic carbocycles. The van der Waals surface area contributed by atoms with Crippen LogP contribution in [0.2, 0.25) is 0 Å². The molecule has 0 aliphatic carbocycles. The number of fused-ring (bicyclic) bond motifs is 1. The lowest BCUT2D eigenvalue weighted by Crippen LogP contribution is -2.08. The smallest absolute Gasteiger partial charge is 0.147 e. The Morgan fingerprint density at radius 1 is 1.30 bits per heavy atom. The van der Waals surface area contributed by atoms with Crippen LogP contribution in [-0.2, 0) is 0 Å². The summed E-state index contributed by atoms with van der Waals surface area (Å²) in [6.07, 6.45) is 1.62. The molecule has 0 amide bonds. The lowest BCUT2D eigenvalue weighted by molar-refractivity contribution is 0.875. The molecule has 0 aliphatic heterocycles. The second kappa shape index (κ2) is 5.50. The number of aryl methyl sites for hydroxylation is 1. The monoisotopic (exact) mass is 347 g/mol. The molecule has 3 aromatic rings. The Bertz CT molecular complexity index is 754. The van der Waals surface area contributed by atoms with E-state index >= 15 is 0 Å². The molecule has 0 saturated heterocycles. The molecule has 0 radical (unpaired) electrons. The highest BCUT2D eigenvalue weighted by molar-refractivity contribution is 9.10. The van der Waals surface area contributed by atoms with Crippen LogP contribution in [0.15, 0.2) is 40.4 Å². The summed E-state index contributed by atoms with van der Waals surface area (Å²) in [5, 5.41) is 5.60. The van der Waals surface area contributed by atoms with E-state index in [1.807, 2.05) is 12.1 Å². The second-order valence-electron chi connectivity index (χ2n) is 4.74. The van der Waals surface area contributed by atoms with Crippen LogP contribution in [0, 0.1) is 6.92 Å². The summed E-state index contributed by atoms with van der Waals surface area (Å²) < 4.78 is 2.20. The third-order valence-electron chi connectivity index (χ3n) is 3.23. The maximum Gasteiger partial charge on any atom is 0.147 e. The summed E-state index contributed by atoms with van der Waals surface area (Å²) in [6, 6.07) is 8.49. The van der Waals surface area contributed by atoms with Gasteiger partial charge in [0.05, 0.1) is 16.3 Å². The van der Waals surface area contributed by atoms with Crippen molar-refractivity contribution < 1.29 is 0 Å². The van der Waals surface area contributed by atoms with Gasteiger partial charge in [-0.3, -0.25) is 0 Å². The average Bonchev–Trinajstić information content (AvgIpc) is 2.82. The maximum atomic E-state index is 4.38. The van der Waals surface area contributed by atoms with Crippen LogP contribution in [-0.4, -0.2) is 9.97 Å². The van der Waals surface area contributed by atoms with Crippen molar-refractivity contribution in [3.63, 3.8) is 0 Å². The Hall–Kier alpha value is -1.46. The summed E-state index contributed by atoms with van der Waals surface area (Å²) in [7, 11) is 0. The van der Waals surface area contributed by atoms with Crippen molar-refractivity contribution in [1.29, 1.82) is 0 Å². The molecule has 1 unspecified atom stereocenters. The van der Waals surface area contributed by atoms with Gasteiger partial charge in [0.1, 0.15) is 12.1 Å². The van der Waals surface area contributed by atoms with E-state index in [0.717, 1.165) is 20.5 Å². The first-order valence-corrected chi connectivity index (χ1v) is 8.03. The zero-order valence-electron chi connectivity index (χ0n) is 11.2. The Morgan fingerprint density at radius 3 is 2.95 bits per heavy atom. The van der Waals surface area contributed by atoms with Gasteiger partial charge in [0.15, 0.2) is 0 Å². The molecular weight excluding hydrogens is 334 g/mol. The first-order chi connectivity index (χ1) is 9.65. The fourth-order valence-electron chi connectivity index (χ4n) is 2.14. The summed E-state index contributed by atoms with van der Waals surface area (Å²) in [5.74, 6) is 0.903. The van der Waals surface area contributed by atoms with Gasteiger partial charge in [-0.15, -0.1) is 11.3 Å². The molecule has 1 atom stereocenters. The van der Waals surface area contributed by atoms with E-state index in [9.17, 15) is 0 Å². The lowest BCUT2D eigenvalue weighted by atomic mass is 10.1. The minimum absolute atomic E-state index is 0.188. The summed E-state index contributed by atoms with van der Waals surface area (Å²) in [6.45, 7) is 4.21. The SMILES string of the molecule is Cc1csc2c(NC(C)c3cccc(Br)c3)ncnc12. The fourth-order valence-corrected chi connectivity index (χ4v) is 3.51. The Morgan fingerprint density at radius 2 is 2.15 bits per heavy atom. The van der Waals surface area contributed by atoms with Gasteiger partial charge < -0.3 is 5.32 Å². The van der Waals surface area contributed by atoms with Crippen molar-refractivity contribution in [3.05, 3.63) is 51.6 Å². The van der Waals surface area contributed by atoms with Gasteiger partial charge in [0.2, 0.25) is 0 Å². The zero-order valence-corrected chi connectivity index (χ0v) is 13.6. The topological polar surface area (TPSA) is 37.8 Å². The zero-order chi connectivity index (χ0) is 14.1. The fraction of sp³-hybridized carbons (Fsp3) is 0.200. The van der Waals surface area contributed by atoms with E-state index < -0.39 is 0 Å². The first kappa shape index (κ1) is 13.5. The van der Waals surface area contributed by atoms with E-state index in [4.69, 9.17) is 0 Å². The van der Waals surface area contributed by atoms with Crippen LogP contribution in [0.1, 0.15) is 24.1 Å². The predicted octanol–water partition coefficient (Wildman–Crippen LogP) is 4.94. The number of anilines is 1. The van der Waals surface area contributed by atoms with Gasteiger partial charge >= 0.3 is 0 Å². The van der Waals surface area contributed by atoms with Gasteiger partial charge in [0, 0.05) is 4.47 Å². The molecule has 1 N–H and O–H groups in total. The molecule has 0 bridgehead atoms. The summed E-state index contributed by atoms with van der Waals surface area (Å²) >= 11 is 5.19. The summed E-state index contributed by atoms with van der Waals surface area (Å²) in [4.78, 5) is 8.73. The Balaban J connectivity index is 1.93. The first-order valence-electron chi connectivity index (χ1n) is 6.36. The molecule has 20 heavy (non-hydrogen) atoms. The van der Waals surface area contributed by atoms with E-state index in [1.165, 1.54) is 11.1 Å². The molecule has 0 saturated carbocycles. The van der Waals surface area contributed by atoms with Crippen LogP contribution >= 0.6 is 27.3 Å². The minimum Gasteiger partial charge on any atom is -0.362 e. The molecule has 102 valence electrons. The van der Waals surface area contributed by atoms with Crippen molar-refractivity contribution >= 4 is 43.3 Å². The lowest BCUT2D eigenvalue weighted by Gasteiger charge is -2.15. The largest absolute Gasteiger partial charge is 0.362 e. The van der Waals surface area contributed by atoms with Crippen molar-refractivity contribution in [2.24, 2.45) is 0 Å². The van der Waals surface area contributed by atoms with Crippen molar-refractivity contribution in [2.45, 2.75) is 19.9 Å². The van der Waals surface area contributed by atoms with Crippen LogP contribution < -0.4 is 5.32 Å². The number of rotatable bonds is 3. The van der Waals surface area contributed by atoms with Gasteiger partial charge in [-0.25, -0.2) is 9.97 Å². The maximum absolute atomic E-state index is 4.38. The van der Waals surface area contributed by atoms with Gasteiger partial charge in [-0.05, 0) is 42.5 Å². The third-order valence-corrected chi connectivity index (χ3v) is 4.82. The van der Waals surface area contributed by atoms with Crippen LogP contribution in [0.5, 0.6) is 0 Å². The molecule has 3 rings (SSSR count). The van der Waals surface area contributed by atoms with Crippen LogP contribution in [0.25, 0.3) is 10.2 Å². The molecular formula is C15H14BrN3S. The van der Waals surface area contributed by atoms with E-state index in [-0.39, 0.29) is 6.04 Å². The van der Waals surface area contributed by atoms with Gasteiger partial charge in [-0.1, -0.05) is 28.1 Å². The second-order valence-corrected chi connectivity index (χ2v) is 6.54. The predicted molar refractivity (Wildman–Crippen MR) is 88.3 cm³/mol. The molecule has 0 fully saturated rings. The van der Waals surface area contributed by atoms with Gasteiger partial charge in [-0.2, -0.15) is 0 Å². The molecule has 3 nitrogen and oxygen atoms in total. The normalized spacial score (nSPS) is 12.6. The highest BCUT2D eigenvalue weighted by atomic mass is 79.9. The number of hydrogen-bond donors (Lipinski definition) is 1. The third kappa shape index (κ3) is 2.55. The highest BCUT2D eigenvalue weighted by Crippen LogP contribution is 2.30. The number of halogens is 1. The molecule has 2 heterocycles. The van der Waals surface area contributed by atoms with Crippen molar-refractivity contribution in [1.82, 2.24) is 9.97 Å². The number of aromatic nitrogens is 2. The molecule has 0 spiro atoms. The average molecular weight is 348 g/mol. The van der Waals surface area contributed by atoms with E-state index in [1.54, 1.807) is 17.7 Å². The minimum atomic E-state index is 0.188. The number of thiophene rings is 1. The van der Waals surface area contributed by atoms with Crippen molar-refractivity contribution in [2.75, 3.05) is 5.32 Å². The summed E-state index contributed by atoms with van der Waals surface area (Å²) in [5.41, 5.74) is 3.46. The number of benzene rings is 1. The molecule has 5 heteroatoms. The standard InChI is InChI=1S/C15H14BrN3S/c1-9-7-20-14-13(9)17-8-18-15(14)19-10(2)11-4-3-5-12(16)6-11/h3-8,10H,1-2H3,(H,17,18,19). The van der Waals surface area contributed by atoms with Crippen LogP contribution in [0.3, 0.4) is 0 Å². The van der Waals surface area contributed by atoms with Crippen LogP contribution in [0.4, 0.5) is 5.82 Å². The van der Waals surface area contributed by atoms with Crippen molar-refractivity contribution in [3.8, 4) is 0 Å².